The smallest absolute Gasteiger partial charge is 0.234 e. The van der Waals surface area contributed by atoms with Gasteiger partial charge in [-0.2, -0.15) is 0 Å². The number of carbonyl (C=O) groups is 1. The Balaban J connectivity index is 1.31. The average Bonchev–Trinajstić information content (AvgIpc) is 3.19. The zero-order valence-electron chi connectivity index (χ0n) is 15.3. The van der Waals surface area contributed by atoms with Crippen molar-refractivity contribution in [3.63, 3.8) is 0 Å². The Hall–Kier alpha value is -2.31. The van der Waals surface area contributed by atoms with E-state index in [0.29, 0.717) is 13.2 Å². The number of nitrogens with one attached hydrogen (secondary N) is 1. The molecular formula is C20H27N3O3. The molecule has 0 spiro atoms. The number of benzene rings is 1. The number of ether oxygens (including phenoxy) is 1. The molecule has 1 unspecified atom stereocenters. The molecule has 1 N–H and O–H groups in total. The lowest BCUT2D eigenvalue weighted by molar-refractivity contribution is -0.123. The molecule has 6 heteroatoms. The van der Waals surface area contributed by atoms with Crippen LogP contribution in [0.4, 0.5) is 0 Å². The van der Waals surface area contributed by atoms with Gasteiger partial charge in [0.2, 0.25) is 5.91 Å². The Morgan fingerprint density at radius 3 is 2.54 bits per heavy atom. The summed E-state index contributed by atoms with van der Waals surface area (Å²) in [6.07, 6.45) is 1.62. The molecule has 26 heavy (non-hydrogen) atoms. The standard InChI is InChI=1S/C20H27N3O3/c1-17(19-8-5-14-26-19)21-20(24)16-23-11-9-22(10-12-23)13-15-25-18-6-3-2-4-7-18/h2-8,14,17H,9-13,15-16H2,1H3,(H,21,24). The molecule has 0 saturated carbocycles. The number of para-hydroxylation sites is 1. The molecular weight excluding hydrogens is 330 g/mol. The van der Waals surface area contributed by atoms with Crippen LogP contribution in [0.3, 0.4) is 0 Å². The highest BCUT2D eigenvalue weighted by molar-refractivity contribution is 5.78. The molecule has 0 bridgehead atoms. The Labute approximate surface area is 154 Å². The molecule has 1 aromatic heterocycles. The van der Waals surface area contributed by atoms with Crippen LogP contribution in [-0.4, -0.2) is 61.6 Å². The van der Waals surface area contributed by atoms with Gasteiger partial charge in [0.25, 0.3) is 0 Å². The van der Waals surface area contributed by atoms with Crippen LogP contribution in [-0.2, 0) is 4.79 Å². The van der Waals surface area contributed by atoms with Crippen molar-refractivity contribution in [3.05, 3.63) is 54.5 Å². The third-order valence-electron chi connectivity index (χ3n) is 4.60. The van der Waals surface area contributed by atoms with Crippen LogP contribution in [0.15, 0.2) is 53.1 Å². The van der Waals surface area contributed by atoms with Gasteiger partial charge in [-0.3, -0.25) is 14.6 Å². The number of amides is 1. The Bertz CT molecular complexity index is 652. The van der Waals surface area contributed by atoms with E-state index in [2.05, 4.69) is 15.1 Å². The van der Waals surface area contributed by atoms with Crippen molar-refractivity contribution in [2.75, 3.05) is 45.9 Å². The third-order valence-corrected chi connectivity index (χ3v) is 4.60. The molecule has 1 aromatic carbocycles. The molecule has 1 aliphatic heterocycles. The van der Waals surface area contributed by atoms with Crippen molar-refractivity contribution in [1.29, 1.82) is 0 Å². The molecule has 140 valence electrons. The average molecular weight is 357 g/mol. The van der Waals surface area contributed by atoms with E-state index in [0.717, 1.165) is 44.2 Å². The van der Waals surface area contributed by atoms with E-state index >= 15 is 0 Å². The summed E-state index contributed by atoms with van der Waals surface area (Å²) in [5.41, 5.74) is 0. The summed E-state index contributed by atoms with van der Waals surface area (Å²) in [7, 11) is 0. The van der Waals surface area contributed by atoms with E-state index in [4.69, 9.17) is 9.15 Å². The highest BCUT2D eigenvalue weighted by Gasteiger charge is 2.20. The maximum atomic E-state index is 12.2. The van der Waals surface area contributed by atoms with Gasteiger partial charge >= 0.3 is 0 Å². The maximum Gasteiger partial charge on any atom is 0.234 e. The fourth-order valence-electron chi connectivity index (χ4n) is 3.08. The highest BCUT2D eigenvalue weighted by Crippen LogP contribution is 2.12. The third kappa shape index (κ3) is 5.61. The van der Waals surface area contributed by atoms with Crippen LogP contribution < -0.4 is 10.1 Å². The van der Waals surface area contributed by atoms with E-state index in [-0.39, 0.29) is 11.9 Å². The van der Waals surface area contributed by atoms with Crippen molar-refractivity contribution in [1.82, 2.24) is 15.1 Å². The molecule has 2 aromatic rings. The lowest BCUT2D eigenvalue weighted by Gasteiger charge is -2.34. The van der Waals surface area contributed by atoms with E-state index < -0.39 is 0 Å². The predicted octanol–water partition coefficient (Wildman–Crippen LogP) is 2.15. The minimum atomic E-state index is -0.103. The van der Waals surface area contributed by atoms with Gasteiger partial charge in [0.1, 0.15) is 18.1 Å². The van der Waals surface area contributed by atoms with Gasteiger partial charge in [-0.1, -0.05) is 18.2 Å². The Kier molecular flexibility index (Phi) is 6.68. The van der Waals surface area contributed by atoms with Gasteiger partial charge in [0.05, 0.1) is 18.8 Å². The van der Waals surface area contributed by atoms with Crippen LogP contribution >= 0.6 is 0 Å². The number of hydrogen-bond acceptors (Lipinski definition) is 5. The predicted molar refractivity (Wildman–Crippen MR) is 100 cm³/mol. The minimum absolute atomic E-state index is 0.0368. The zero-order chi connectivity index (χ0) is 18.2. The molecule has 2 heterocycles. The largest absolute Gasteiger partial charge is 0.492 e. The van der Waals surface area contributed by atoms with Crippen molar-refractivity contribution in [2.45, 2.75) is 13.0 Å². The number of hydrogen-bond donors (Lipinski definition) is 1. The van der Waals surface area contributed by atoms with Crippen molar-refractivity contribution in [2.24, 2.45) is 0 Å². The molecule has 1 amide bonds. The van der Waals surface area contributed by atoms with Crippen LogP contribution in [0.5, 0.6) is 5.75 Å². The molecule has 0 aliphatic carbocycles. The molecule has 1 saturated heterocycles. The van der Waals surface area contributed by atoms with Gasteiger partial charge < -0.3 is 14.5 Å². The first-order valence-corrected chi connectivity index (χ1v) is 9.16. The second kappa shape index (κ2) is 9.40. The number of piperazine rings is 1. The fourth-order valence-corrected chi connectivity index (χ4v) is 3.08. The Morgan fingerprint density at radius 1 is 1.12 bits per heavy atom. The first-order valence-electron chi connectivity index (χ1n) is 9.16. The molecule has 1 atom stereocenters. The second-order valence-electron chi connectivity index (χ2n) is 6.58. The summed E-state index contributed by atoms with van der Waals surface area (Å²) in [5, 5.41) is 2.99. The van der Waals surface area contributed by atoms with Crippen molar-refractivity contribution in [3.8, 4) is 5.75 Å². The van der Waals surface area contributed by atoms with Crippen LogP contribution in [0.25, 0.3) is 0 Å². The van der Waals surface area contributed by atoms with Gasteiger partial charge in [-0.25, -0.2) is 0 Å². The van der Waals surface area contributed by atoms with Crippen LogP contribution in [0.2, 0.25) is 0 Å². The molecule has 6 nitrogen and oxygen atoms in total. The Morgan fingerprint density at radius 2 is 1.85 bits per heavy atom. The topological polar surface area (TPSA) is 58.0 Å². The number of nitrogens with zero attached hydrogens (tertiary/aromatic N) is 2. The van der Waals surface area contributed by atoms with Crippen LogP contribution in [0.1, 0.15) is 18.7 Å². The maximum absolute atomic E-state index is 12.2. The van der Waals surface area contributed by atoms with Gasteiger partial charge in [-0.15, -0.1) is 0 Å². The summed E-state index contributed by atoms with van der Waals surface area (Å²) in [5.74, 6) is 1.73. The lowest BCUT2D eigenvalue weighted by Crippen LogP contribution is -2.50. The van der Waals surface area contributed by atoms with Crippen molar-refractivity contribution < 1.29 is 13.9 Å². The SMILES string of the molecule is CC(NC(=O)CN1CCN(CCOc2ccccc2)CC1)c1ccco1. The highest BCUT2D eigenvalue weighted by atomic mass is 16.5. The van der Waals surface area contributed by atoms with E-state index in [1.807, 2.05) is 49.4 Å². The first-order chi connectivity index (χ1) is 12.7. The van der Waals surface area contributed by atoms with E-state index in [1.165, 1.54) is 0 Å². The first kappa shape index (κ1) is 18.5. The molecule has 1 fully saturated rings. The van der Waals surface area contributed by atoms with E-state index in [9.17, 15) is 4.79 Å². The molecule has 0 radical (unpaired) electrons. The normalized spacial score (nSPS) is 17.0. The summed E-state index contributed by atoms with van der Waals surface area (Å²) in [6, 6.07) is 13.5. The number of furan rings is 1. The summed E-state index contributed by atoms with van der Waals surface area (Å²) >= 11 is 0. The summed E-state index contributed by atoms with van der Waals surface area (Å²) in [6.45, 7) is 7.66. The minimum Gasteiger partial charge on any atom is -0.492 e. The number of carbonyl (C=O) groups excluding carboxylic acids is 1. The second-order valence-corrected chi connectivity index (χ2v) is 6.58. The lowest BCUT2D eigenvalue weighted by atomic mass is 10.2. The molecule has 1 aliphatic rings. The van der Waals surface area contributed by atoms with Gasteiger partial charge in [0.15, 0.2) is 0 Å². The molecule has 3 rings (SSSR count). The summed E-state index contributed by atoms with van der Waals surface area (Å²) < 4.78 is 11.1. The van der Waals surface area contributed by atoms with Crippen molar-refractivity contribution >= 4 is 5.91 Å². The van der Waals surface area contributed by atoms with Gasteiger partial charge in [-0.05, 0) is 31.2 Å². The fraction of sp³-hybridized carbons (Fsp3) is 0.450. The zero-order valence-corrected chi connectivity index (χ0v) is 15.3. The number of rotatable bonds is 8. The quantitative estimate of drug-likeness (QED) is 0.785. The summed E-state index contributed by atoms with van der Waals surface area (Å²) in [4.78, 5) is 16.8. The van der Waals surface area contributed by atoms with Gasteiger partial charge in [0, 0.05) is 32.7 Å². The monoisotopic (exact) mass is 357 g/mol. The van der Waals surface area contributed by atoms with E-state index in [1.54, 1.807) is 6.26 Å². The van der Waals surface area contributed by atoms with Crippen LogP contribution in [0, 0.1) is 0 Å².